The summed E-state index contributed by atoms with van der Waals surface area (Å²) in [5.74, 6) is -0.243. The highest BCUT2D eigenvalue weighted by atomic mass is 79.9. The van der Waals surface area contributed by atoms with E-state index in [0.717, 1.165) is 12.8 Å². The average Bonchev–Trinajstić information content (AvgIpc) is 2.92. The van der Waals surface area contributed by atoms with Crippen LogP contribution in [0.3, 0.4) is 0 Å². The van der Waals surface area contributed by atoms with E-state index in [1.54, 1.807) is 0 Å². The summed E-state index contributed by atoms with van der Waals surface area (Å²) < 4.78 is 19.0. The van der Waals surface area contributed by atoms with Gasteiger partial charge in [-0.15, -0.1) is 0 Å². The number of hydrogen-bond donors (Lipinski definition) is 0. The molecule has 0 N–H and O–H groups in total. The number of carbonyl (C=O) groups is 1. The van der Waals surface area contributed by atoms with Crippen LogP contribution in [0.15, 0.2) is 40.9 Å². The quantitative estimate of drug-likeness (QED) is 0.777. The van der Waals surface area contributed by atoms with E-state index in [-0.39, 0.29) is 21.9 Å². The fourth-order valence-electron chi connectivity index (χ4n) is 2.85. The van der Waals surface area contributed by atoms with Crippen molar-refractivity contribution in [2.24, 2.45) is 5.92 Å². The Morgan fingerprint density at radius 2 is 1.86 bits per heavy atom. The number of benzene rings is 2. The maximum absolute atomic E-state index is 13.6. The van der Waals surface area contributed by atoms with Gasteiger partial charge in [0.25, 0.3) is 0 Å². The molecule has 0 aliphatic heterocycles. The molecule has 108 valence electrons. The smallest absolute Gasteiger partial charge is 0.170 e. The predicted molar refractivity (Wildman–Crippen MR) is 82.3 cm³/mol. The van der Waals surface area contributed by atoms with Crippen LogP contribution in [0.25, 0.3) is 0 Å². The minimum absolute atomic E-state index is 0.00347. The number of ketones is 1. The lowest BCUT2D eigenvalue weighted by Gasteiger charge is -2.13. The molecule has 0 unspecified atom stereocenters. The number of carbonyl (C=O) groups excluding carboxylic acids is 1. The second kappa shape index (κ2) is 5.60. The third kappa shape index (κ3) is 2.60. The molecule has 0 saturated carbocycles. The molecule has 0 aromatic heterocycles. The van der Waals surface area contributed by atoms with Gasteiger partial charge in [-0.1, -0.05) is 24.3 Å². The number of ether oxygens (including phenoxy) is 1. The molecular formula is C17H14BrFO2. The van der Waals surface area contributed by atoms with Crippen molar-refractivity contribution in [3.8, 4) is 5.75 Å². The van der Waals surface area contributed by atoms with Gasteiger partial charge in [-0.3, -0.25) is 4.79 Å². The Morgan fingerprint density at radius 3 is 2.43 bits per heavy atom. The van der Waals surface area contributed by atoms with E-state index in [1.165, 1.54) is 30.4 Å². The summed E-state index contributed by atoms with van der Waals surface area (Å²) in [4.78, 5) is 12.7. The summed E-state index contributed by atoms with van der Waals surface area (Å²) in [6.07, 6.45) is 1.46. The van der Waals surface area contributed by atoms with Crippen molar-refractivity contribution in [2.45, 2.75) is 12.8 Å². The molecule has 2 aromatic rings. The fraction of sp³-hybridized carbons (Fsp3) is 0.235. The van der Waals surface area contributed by atoms with Gasteiger partial charge in [0.15, 0.2) is 5.78 Å². The molecule has 0 spiro atoms. The van der Waals surface area contributed by atoms with E-state index in [1.807, 2.05) is 12.1 Å². The van der Waals surface area contributed by atoms with Crippen LogP contribution in [0.1, 0.15) is 21.5 Å². The number of fused-ring (bicyclic) bond motifs is 1. The van der Waals surface area contributed by atoms with Gasteiger partial charge in [-0.2, -0.15) is 0 Å². The van der Waals surface area contributed by atoms with Crippen LogP contribution in [0.2, 0.25) is 0 Å². The first-order valence-electron chi connectivity index (χ1n) is 6.74. The van der Waals surface area contributed by atoms with Crippen LogP contribution in [-0.4, -0.2) is 12.9 Å². The van der Waals surface area contributed by atoms with E-state index >= 15 is 0 Å². The summed E-state index contributed by atoms with van der Waals surface area (Å²) in [7, 11) is 1.45. The molecule has 1 aliphatic carbocycles. The van der Waals surface area contributed by atoms with Crippen molar-refractivity contribution in [2.75, 3.05) is 7.11 Å². The number of hydrogen-bond acceptors (Lipinski definition) is 2. The van der Waals surface area contributed by atoms with E-state index in [9.17, 15) is 9.18 Å². The lowest BCUT2D eigenvalue weighted by molar-refractivity contribution is 0.0921. The molecule has 0 bridgehead atoms. The summed E-state index contributed by atoms with van der Waals surface area (Å²) in [6.45, 7) is 0. The lowest BCUT2D eigenvalue weighted by atomic mass is 9.94. The van der Waals surface area contributed by atoms with Crippen LogP contribution < -0.4 is 4.74 Å². The first-order valence-corrected chi connectivity index (χ1v) is 7.53. The normalized spacial score (nSPS) is 14.0. The number of rotatable bonds is 3. The first-order chi connectivity index (χ1) is 10.1. The first kappa shape index (κ1) is 14.3. The molecule has 4 heteroatoms. The molecule has 2 aromatic carbocycles. The summed E-state index contributed by atoms with van der Waals surface area (Å²) in [5, 5.41) is 0. The van der Waals surface area contributed by atoms with E-state index in [2.05, 4.69) is 28.1 Å². The zero-order chi connectivity index (χ0) is 15.0. The molecule has 3 rings (SSSR count). The van der Waals surface area contributed by atoms with E-state index in [4.69, 9.17) is 4.74 Å². The monoisotopic (exact) mass is 348 g/mol. The Morgan fingerprint density at radius 1 is 1.24 bits per heavy atom. The van der Waals surface area contributed by atoms with Gasteiger partial charge in [0.1, 0.15) is 11.6 Å². The predicted octanol–water partition coefficient (Wildman–Crippen LogP) is 4.19. The zero-order valence-electron chi connectivity index (χ0n) is 11.5. The van der Waals surface area contributed by atoms with Crippen molar-refractivity contribution in [1.82, 2.24) is 0 Å². The number of methoxy groups -OCH3 is 1. The van der Waals surface area contributed by atoms with Crippen molar-refractivity contribution in [3.05, 3.63) is 63.4 Å². The summed E-state index contributed by atoms with van der Waals surface area (Å²) >= 11 is 3.13. The van der Waals surface area contributed by atoms with Gasteiger partial charge in [0, 0.05) is 12.0 Å². The molecule has 0 amide bonds. The minimum Gasteiger partial charge on any atom is -0.496 e. The Bertz CT molecular complexity index is 687. The maximum Gasteiger partial charge on any atom is 0.170 e. The Labute approximate surface area is 131 Å². The molecular weight excluding hydrogens is 335 g/mol. The SMILES string of the molecule is COc1cc(F)c(Br)cc1C(=O)C1Cc2ccccc2C1. The van der Waals surface area contributed by atoms with Crippen LogP contribution in [0.5, 0.6) is 5.75 Å². The van der Waals surface area contributed by atoms with Gasteiger partial charge >= 0.3 is 0 Å². The fourth-order valence-corrected chi connectivity index (χ4v) is 3.20. The second-order valence-corrected chi connectivity index (χ2v) is 6.06. The molecule has 21 heavy (non-hydrogen) atoms. The standard InChI is InChI=1S/C17H14BrFO2/c1-21-16-9-15(19)14(18)8-13(16)17(20)12-6-10-4-2-3-5-11(10)7-12/h2-5,8-9,12H,6-7H2,1H3. The Kier molecular flexibility index (Phi) is 3.81. The van der Waals surface area contributed by atoms with Crippen molar-refractivity contribution in [3.63, 3.8) is 0 Å². The lowest BCUT2D eigenvalue weighted by Crippen LogP contribution is -2.16. The van der Waals surface area contributed by atoms with Crippen LogP contribution in [0, 0.1) is 11.7 Å². The van der Waals surface area contributed by atoms with Gasteiger partial charge in [-0.25, -0.2) is 4.39 Å². The van der Waals surface area contributed by atoms with Crippen molar-refractivity contribution >= 4 is 21.7 Å². The van der Waals surface area contributed by atoms with Crippen molar-refractivity contribution < 1.29 is 13.9 Å². The number of Topliss-reactive ketones (excluding diaryl/α,β-unsaturated/α-hetero) is 1. The largest absolute Gasteiger partial charge is 0.496 e. The zero-order valence-corrected chi connectivity index (χ0v) is 13.1. The highest BCUT2D eigenvalue weighted by Gasteiger charge is 2.30. The Hall–Kier alpha value is -1.68. The topological polar surface area (TPSA) is 26.3 Å². The molecule has 0 radical (unpaired) electrons. The van der Waals surface area contributed by atoms with E-state index < -0.39 is 5.82 Å². The van der Waals surface area contributed by atoms with E-state index in [0.29, 0.717) is 5.56 Å². The third-order valence-corrected chi connectivity index (χ3v) is 4.54. The highest BCUT2D eigenvalue weighted by molar-refractivity contribution is 9.10. The van der Waals surface area contributed by atoms with Gasteiger partial charge in [0.2, 0.25) is 0 Å². The molecule has 0 saturated heterocycles. The second-order valence-electron chi connectivity index (χ2n) is 5.20. The summed E-state index contributed by atoms with van der Waals surface area (Å²) in [6, 6.07) is 10.8. The molecule has 0 heterocycles. The third-order valence-electron chi connectivity index (χ3n) is 3.93. The van der Waals surface area contributed by atoms with Crippen LogP contribution in [0.4, 0.5) is 4.39 Å². The van der Waals surface area contributed by atoms with Crippen LogP contribution >= 0.6 is 15.9 Å². The molecule has 1 aliphatic rings. The Balaban J connectivity index is 1.92. The van der Waals surface area contributed by atoms with Gasteiger partial charge < -0.3 is 4.74 Å². The van der Waals surface area contributed by atoms with Gasteiger partial charge in [-0.05, 0) is 46.0 Å². The molecule has 0 fully saturated rings. The maximum atomic E-state index is 13.6. The summed E-state index contributed by atoms with van der Waals surface area (Å²) in [5.41, 5.74) is 2.87. The van der Waals surface area contributed by atoms with Crippen LogP contribution in [-0.2, 0) is 12.8 Å². The molecule has 2 nitrogen and oxygen atoms in total. The molecule has 0 atom stereocenters. The van der Waals surface area contributed by atoms with Crippen molar-refractivity contribution in [1.29, 1.82) is 0 Å². The highest BCUT2D eigenvalue weighted by Crippen LogP contribution is 2.33. The minimum atomic E-state index is -0.432. The average molecular weight is 349 g/mol. The number of halogens is 2. The van der Waals surface area contributed by atoms with Gasteiger partial charge in [0.05, 0.1) is 17.1 Å².